The predicted octanol–water partition coefficient (Wildman–Crippen LogP) is 4.73. The summed E-state index contributed by atoms with van der Waals surface area (Å²) in [6, 6.07) is 8.63. The summed E-state index contributed by atoms with van der Waals surface area (Å²) in [5.74, 6) is -0.521. The zero-order chi connectivity index (χ0) is 18.1. The van der Waals surface area contributed by atoms with Gasteiger partial charge < -0.3 is 19.0 Å². The van der Waals surface area contributed by atoms with Crippen LogP contribution in [0, 0.1) is 5.82 Å². The fourth-order valence-corrected chi connectivity index (χ4v) is 2.63. The van der Waals surface area contributed by atoms with Gasteiger partial charge in [0, 0.05) is 17.0 Å². The van der Waals surface area contributed by atoms with Gasteiger partial charge in [-0.2, -0.15) is 0 Å². The molecular weight excluding hydrogens is 327 g/mol. The van der Waals surface area contributed by atoms with E-state index in [1.54, 1.807) is 12.1 Å². The fraction of sp³-hybridized carbons (Fsp3) is 0.211. The van der Waals surface area contributed by atoms with Gasteiger partial charge in [-0.3, -0.25) is 0 Å². The van der Waals surface area contributed by atoms with Gasteiger partial charge in [0.2, 0.25) is 0 Å². The third kappa shape index (κ3) is 3.15. The Hall–Kier alpha value is -3.02. The number of ether oxygens (including phenoxy) is 2. The minimum absolute atomic E-state index is 0.00197. The van der Waals surface area contributed by atoms with Crippen LogP contribution in [0.25, 0.3) is 22.3 Å². The van der Waals surface area contributed by atoms with Crippen molar-refractivity contribution in [3.05, 3.63) is 47.8 Å². The molecular formula is C19H17FO5. The molecule has 130 valence electrons. The first-order chi connectivity index (χ1) is 11.9. The Kier molecular flexibility index (Phi) is 4.35. The molecule has 0 saturated carbocycles. The second-order valence-corrected chi connectivity index (χ2v) is 5.78. The molecule has 6 heteroatoms. The molecule has 0 saturated heterocycles. The van der Waals surface area contributed by atoms with Crippen molar-refractivity contribution in [2.45, 2.75) is 20.0 Å². The molecule has 25 heavy (non-hydrogen) atoms. The molecule has 0 bridgehead atoms. The summed E-state index contributed by atoms with van der Waals surface area (Å²) in [5.41, 5.74) is 0.822. The predicted molar refractivity (Wildman–Crippen MR) is 90.9 cm³/mol. The number of hydrogen-bond donors (Lipinski definition) is 1. The first kappa shape index (κ1) is 16.8. The number of hydrogen-bond acceptors (Lipinski definition) is 4. The molecule has 3 rings (SSSR count). The molecule has 0 aliphatic heterocycles. The highest BCUT2D eigenvalue weighted by atomic mass is 19.1. The Labute approximate surface area is 143 Å². The number of aromatic carboxylic acids is 1. The average molecular weight is 344 g/mol. The Morgan fingerprint density at radius 2 is 1.84 bits per heavy atom. The molecule has 0 unspecified atom stereocenters. The first-order valence-electron chi connectivity index (χ1n) is 7.71. The van der Waals surface area contributed by atoms with Gasteiger partial charge in [0.15, 0.2) is 11.5 Å². The van der Waals surface area contributed by atoms with Crippen LogP contribution in [0.5, 0.6) is 11.5 Å². The van der Waals surface area contributed by atoms with Crippen molar-refractivity contribution in [2.75, 3.05) is 7.11 Å². The molecule has 0 radical (unpaired) electrons. The first-order valence-corrected chi connectivity index (χ1v) is 7.71. The Balaban J connectivity index is 2.26. The van der Waals surface area contributed by atoms with Crippen molar-refractivity contribution in [1.82, 2.24) is 0 Å². The maximum absolute atomic E-state index is 13.2. The normalized spacial score (nSPS) is 11.1. The molecule has 1 aromatic heterocycles. The average Bonchev–Trinajstić information content (AvgIpc) is 2.92. The Bertz CT molecular complexity index is 925. The lowest BCUT2D eigenvalue weighted by atomic mass is 10.1. The molecule has 0 spiro atoms. The van der Waals surface area contributed by atoms with E-state index in [-0.39, 0.29) is 17.4 Å². The van der Waals surface area contributed by atoms with Crippen molar-refractivity contribution in [3.63, 3.8) is 0 Å². The SMILES string of the molecule is COc1cc2oc(-c3ccc(F)cc3)c(C(=O)O)c2cc1OC(C)C. The molecule has 3 aromatic rings. The molecule has 1 N–H and O–H groups in total. The zero-order valence-electron chi connectivity index (χ0n) is 14.0. The van der Waals surface area contributed by atoms with E-state index >= 15 is 0 Å². The van der Waals surface area contributed by atoms with Crippen LogP contribution in [-0.4, -0.2) is 24.3 Å². The number of fused-ring (bicyclic) bond motifs is 1. The number of benzene rings is 2. The number of carboxylic acid groups (broad SMARTS) is 1. The van der Waals surface area contributed by atoms with E-state index in [1.165, 1.54) is 31.4 Å². The molecule has 0 atom stereocenters. The summed E-state index contributed by atoms with van der Waals surface area (Å²) in [5, 5.41) is 10.1. The van der Waals surface area contributed by atoms with Crippen LogP contribution in [-0.2, 0) is 0 Å². The fourth-order valence-electron chi connectivity index (χ4n) is 2.63. The van der Waals surface area contributed by atoms with Crippen LogP contribution < -0.4 is 9.47 Å². The summed E-state index contributed by atoms with van der Waals surface area (Å²) in [7, 11) is 1.50. The molecule has 0 fully saturated rings. The molecule has 5 nitrogen and oxygen atoms in total. The van der Waals surface area contributed by atoms with Crippen LogP contribution in [0.3, 0.4) is 0 Å². The standard InChI is InChI=1S/C19H17FO5/c1-10(2)24-16-8-13-14(9-15(16)23-3)25-18(17(13)19(21)22)11-4-6-12(20)7-5-11/h4-10H,1-3H3,(H,21,22). The quantitative estimate of drug-likeness (QED) is 0.724. The second-order valence-electron chi connectivity index (χ2n) is 5.78. The monoisotopic (exact) mass is 344 g/mol. The summed E-state index contributed by atoms with van der Waals surface area (Å²) in [6.07, 6.45) is -0.108. The van der Waals surface area contributed by atoms with E-state index < -0.39 is 11.8 Å². The minimum atomic E-state index is -1.14. The van der Waals surface area contributed by atoms with Crippen molar-refractivity contribution >= 4 is 16.9 Å². The summed E-state index contributed by atoms with van der Waals surface area (Å²) in [6.45, 7) is 3.72. The van der Waals surface area contributed by atoms with E-state index in [1.807, 2.05) is 13.8 Å². The van der Waals surface area contributed by atoms with Crippen molar-refractivity contribution in [1.29, 1.82) is 0 Å². The van der Waals surface area contributed by atoms with Crippen LogP contribution >= 0.6 is 0 Å². The topological polar surface area (TPSA) is 68.9 Å². The number of rotatable bonds is 5. The van der Waals surface area contributed by atoms with Crippen LogP contribution in [0.4, 0.5) is 4.39 Å². The van der Waals surface area contributed by atoms with Gasteiger partial charge in [-0.25, -0.2) is 9.18 Å². The molecule has 0 aliphatic carbocycles. The summed E-state index contributed by atoms with van der Waals surface area (Å²) < 4.78 is 29.9. The van der Waals surface area contributed by atoms with Crippen molar-refractivity contribution in [2.24, 2.45) is 0 Å². The highest BCUT2D eigenvalue weighted by Gasteiger charge is 2.24. The van der Waals surface area contributed by atoms with Gasteiger partial charge >= 0.3 is 5.97 Å². The van der Waals surface area contributed by atoms with E-state index in [2.05, 4.69) is 0 Å². The van der Waals surface area contributed by atoms with Gasteiger partial charge in [0.1, 0.15) is 22.7 Å². The number of halogens is 1. The number of methoxy groups -OCH3 is 1. The highest BCUT2D eigenvalue weighted by molar-refractivity contribution is 6.08. The minimum Gasteiger partial charge on any atom is -0.493 e. The van der Waals surface area contributed by atoms with Gasteiger partial charge in [-0.1, -0.05) is 0 Å². The Morgan fingerprint density at radius 1 is 1.16 bits per heavy atom. The third-order valence-electron chi connectivity index (χ3n) is 3.66. The lowest BCUT2D eigenvalue weighted by Gasteiger charge is -2.13. The molecule has 0 aliphatic rings. The van der Waals surface area contributed by atoms with Crippen LogP contribution in [0.15, 0.2) is 40.8 Å². The maximum Gasteiger partial charge on any atom is 0.340 e. The van der Waals surface area contributed by atoms with E-state index in [0.717, 1.165) is 0 Å². The zero-order valence-corrected chi connectivity index (χ0v) is 14.0. The lowest BCUT2D eigenvalue weighted by molar-refractivity contribution is 0.0699. The van der Waals surface area contributed by atoms with Crippen molar-refractivity contribution in [3.8, 4) is 22.8 Å². The van der Waals surface area contributed by atoms with Crippen molar-refractivity contribution < 1.29 is 28.2 Å². The van der Waals surface area contributed by atoms with Gasteiger partial charge in [-0.05, 0) is 44.2 Å². The maximum atomic E-state index is 13.2. The molecule has 2 aromatic carbocycles. The molecule has 0 amide bonds. The number of carbonyl (C=O) groups is 1. The van der Waals surface area contributed by atoms with Crippen LogP contribution in [0.2, 0.25) is 0 Å². The van der Waals surface area contributed by atoms with Gasteiger partial charge in [0.25, 0.3) is 0 Å². The summed E-state index contributed by atoms with van der Waals surface area (Å²) in [4.78, 5) is 11.8. The highest BCUT2D eigenvalue weighted by Crippen LogP contribution is 2.40. The smallest absolute Gasteiger partial charge is 0.340 e. The number of carboxylic acids is 1. The Morgan fingerprint density at radius 3 is 2.40 bits per heavy atom. The molecule has 1 heterocycles. The largest absolute Gasteiger partial charge is 0.493 e. The van der Waals surface area contributed by atoms with E-state index in [0.29, 0.717) is 28.0 Å². The van der Waals surface area contributed by atoms with Gasteiger partial charge in [-0.15, -0.1) is 0 Å². The number of furan rings is 1. The lowest BCUT2D eigenvalue weighted by Crippen LogP contribution is -2.06. The third-order valence-corrected chi connectivity index (χ3v) is 3.66. The van der Waals surface area contributed by atoms with E-state index in [9.17, 15) is 14.3 Å². The van der Waals surface area contributed by atoms with Crippen LogP contribution in [0.1, 0.15) is 24.2 Å². The second kappa shape index (κ2) is 6.47. The van der Waals surface area contributed by atoms with Gasteiger partial charge in [0.05, 0.1) is 13.2 Å². The van der Waals surface area contributed by atoms with E-state index in [4.69, 9.17) is 13.9 Å². The summed E-state index contributed by atoms with van der Waals surface area (Å²) >= 11 is 0.